The van der Waals surface area contributed by atoms with Crippen LogP contribution < -0.4 is 5.73 Å². The third-order valence-electron chi connectivity index (χ3n) is 2.94. The molecule has 0 saturated heterocycles. The van der Waals surface area contributed by atoms with Gasteiger partial charge in [-0.15, -0.1) is 0 Å². The Bertz CT molecular complexity index is 308. The van der Waals surface area contributed by atoms with E-state index in [1.807, 2.05) is 0 Å². The molecule has 10 nitrogen and oxygen atoms in total. The van der Waals surface area contributed by atoms with Crippen molar-refractivity contribution in [3.63, 3.8) is 0 Å². The fourth-order valence-electron chi connectivity index (χ4n) is 1.62. The molecule has 10 heteroatoms. The minimum absolute atomic E-state index is 0.0609. The minimum Gasteiger partial charge on any atom is -0.467 e. The standard InChI is InChI=1S/C17H35NO9/c1-20-17(19)16-27-15-14-26-13-12-25-11-10-24-9-8-23-7-6-22-5-4-21-3-2-18/h2-16,18H2,1H3. The lowest BCUT2D eigenvalue weighted by molar-refractivity contribution is -0.146. The molecule has 0 bridgehead atoms. The molecule has 0 aromatic heterocycles. The monoisotopic (exact) mass is 397 g/mol. The van der Waals surface area contributed by atoms with Gasteiger partial charge in [-0.05, 0) is 0 Å². The summed E-state index contributed by atoms with van der Waals surface area (Å²) in [7, 11) is 1.32. The number of carbonyl (C=O) groups excluding carboxylic acids is 1. The van der Waals surface area contributed by atoms with Crippen molar-refractivity contribution in [2.45, 2.75) is 0 Å². The molecule has 0 rings (SSSR count). The summed E-state index contributed by atoms with van der Waals surface area (Å²) in [5.41, 5.74) is 5.29. The SMILES string of the molecule is COC(=O)COCCOCCOCCOCCOCCOCCOCCN. The zero-order valence-electron chi connectivity index (χ0n) is 16.4. The molecule has 0 spiro atoms. The summed E-state index contributed by atoms with van der Waals surface area (Å²) < 4.78 is 41.3. The summed E-state index contributed by atoms with van der Waals surface area (Å²) >= 11 is 0. The van der Waals surface area contributed by atoms with Crippen LogP contribution in [0.2, 0.25) is 0 Å². The second kappa shape index (κ2) is 23.2. The normalized spacial score (nSPS) is 11.0. The Morgan fingerprint density at radius 1 is 0.556 bits per heavy atom. The average Bonchev–Trinajstić information content (AvgIpc) is 2.68. The summed E-state index contributed by atoms with van der Waals surface area (Å²) in [5, 5.41) is 0. The van der Waals surface area contributed by atoms with Gasteiger partial charge in [-0.3, -0.25) is 0 Å². The van der Waals surface area contributed by atoms with E-state index < -0.39 is 5.97 Å². The van der Waals surface area contributed by atoms with Crippen LogP contribution in [0.1, 0.15) is 0 Å². The molecule has 2 N–H and O–H groups in total. The summed E-state index contributed by atoms with van der Waals surface area (Å²) in [5.74, 6) is -0.402. The molecule has 0 radical (unpaired) electrons. The topological polar surface area (TPSA) is 117 Å². The zero-order valence-corrected chi connectivity index (χ0v) is 16.4. The summed E-state index contributed by atoms with van der Waals surface area (Å²) in [6, 6.07) is 0. The van der Waals surface area contributed by atoms with Crippen molar-refractivity contribution >= 4 is 5.97 Å². The number of methoxy groups -OCH3 is 1. The van der Waals surface area contributed by atoms with E-state index in [-0.39, 0.29) is 6.61 Å². The first-order chi connectivity index (χ1) is 13.3. The molecule has 0 aliphatic carbocycles. The van der Waals surface area contributed by atoms with Gasteiger partial charge in [0.05, 0.1) is 93.0 Å². The van der Waals surface area contributed by atoms with Crippen LogP contribution >= 0.6 is 0 Å². The molecule has 0 heterocycles. The van der Waals surface area contributed by atoms with E-state index in [9.17, 15) is 4.79 Å². The summed E-state index contributed by atoms with van der Waals surface area (Å²) in [6.07, 6.45) is 0. The molecule has 0 amide bonds. The van der Waals surface area contributed by atoms with E-state index >= 15 is 0 Å². The number of hydrogen-bond acceptors (Lipinski definition) is 10. The highest BCUT2D eigenvalue weighted by atomic mass is 16.6. The molecule has 27 heavy (non-hydrogen) atoms. The molecule has 0 aliphatic heterocycles. The van der Waals surface area contributed by atoms with Gasteiger partial charge in [-0.2, -0.15) is 0 Å². The zero-order chi connectivity index (χ0) is 19.8. The molecule has 0 aliphatic rings. The van der Waals surface area contributed by atoms with Gasteiger partial charge in [-0.1, -0.05) is 0 Å². The Hall–Kier alpha value is -0.850. The van der Waals surface area contributed by atoms with Crippen molar-refractivity contribution in [3.8, 4) is 0 Å². The van der Waals surface area contributed by atoms with E-state index in [4.69, 9.17) is 38.9 Å². The van der Waals surface area contributed by atoms with Gasteiger partial charge in [0.25, 0.3) is 0 Å². The molecule has 0 atom stereocenters. The van der Waals surface area contributed by atoms with Crippen molar-refractivity contribution in [2.75, 3.05) is 106 Å². The first kappa shape index (κ1) is 26.1. The van der Waals surface area contributed by atoms with E-state index in [0.717, 1.165) is 0 Å². The molecule has 0 aromatic rings. The van der Waals surface area contributed by atoms with Gasteiger partial charge >= 0.3 is 5.97 Å². The van der Waals surface area contributed by atoms with Crippen LogP contribution in [0.15, 0.2) is 0 Å². The fourth-order valence-corrected chi connectivity index (χ4v) is 1.62. The van der Waals surface area contributed by atoms with E-state index in [2.05, 4.69) is 4.74 Å². The van der Waals surface area contributed by atoms with Crippen LogP contribution in [0, 0.1) is 0 Å². The lowest BCUT2D eigenvalue weighted by atomic mass is 10.6. The molecule has 0 aromatic carbocycles. The molecule has 0 unspecified atom stereocenters. The maximum absolute atomic E-state index is 10.8. The van der Waals surface area contributed by atoms with Crippen LogP contribution in [0.25, 0.3) is 0 Å². The Morgan fingerprint density at radius 2 is 0.852 bits per heavy atom. The maximum Gasteiger partial charge on any atom is 0.331 e. The molecular weight excluding hydrogens is 362 g/mol. The summed E-state index contributed by atoms with van der Waals surface area (Å²) in [6.45, 7) is 6.87. The second-order valence-electron chi connectivity index (χ2n) is 5.09. The average molecular weight is 397 g/mol. The van der Waals surface area contributed by atoms with Crippen LogP contribution in [0.4, 0.5) is 0 Å². The highest BCUT2D eigenvalue weighted by molar-refractivity contribution is 5.70. The van der Waals surface area contributed by atoms with Gasteiger partial charge in [0.2, 0.25) is 0 Å². The Balaban J connectivity index is 3.00. The highest BCUT2D eigenvalue weighted by Crippen LogP contribution is 1.85. The highest BCUT2D eigenvalue weighted by Gasteiger charge is 1.99. The number of rotatable bonds is 22. The van der Waals surface area contributed by atoms with Crippen LogP contribution in [0.3, 0.4) is 0 Å². The molecule has 0 saturated carbocycles. The van der Waals surface area contributed by atoms with E-state index in [1.54, 1.807) is 0 Å². The molecule has 0 fully saturated rings. The third kappa shape index (κ3) is 23.1. The molecular formula is C17H35NO9. The van der Waals surface area contributed by atoms with Crippen LogP contribution in [-0.4, -0.2) is 112 Å². The van der Waals surface area contributed by atoms with Gasteiger partial charge in [0.1, 0.15) is 6.61 Å². The van der Waals surface area contributed by atoms with E-state index in [1.165, 1.54) is 7.11 Å². The van der Waals surface area contributed by atoms with Gasteiger partial charge in [-0.25, -0.2) is 4.79 Å². The predicted molar refractivity (Wildman–Crippen MR) is 96.8 cm³/mol. The van der Waals surface area contributed by atoms with Gasteiger partial charge in [0.15, 0.2) is 0 Å². The number of carbonyl (C=O) groups is 1. The van der Waals surface area contributed by atoms with Crippen molar-refractivity contribution in [3.05, 3.63) is 0 Å². The van der Waals surface area contributed by atoms with Crippen molar-refractivity contribution in [2.24, 2.45) is 5.73 Å². The van der Waals surface area contributed by atoms with Gasteiger partial charge in [0, 0.05) is 6.54 Å². The van der Waals surface area contributed by atoms with Gasteiger partial charge < -0.3 is 43.6 Å². The number of esters is 1. The first-order valence-corrected chi connectivity index (χ1v) is 9.12. The number of ether oxygens (including phenoxy) is 8. The first-order valence-electron chi connectivity index (χ1n) is 9.12. The van der Waals surface area contributed by atoms with Crippen LogP contribution in [0.5, 0.6) is 0 Å². The lowest BCUT2D eigenvalue weighted by Gasteiger charge is -2.08. The quantitative estimate of drug-likeness (QED) is 0.184. The van der Waals surface area contributed by atoms with E-state index in [0.29, 0.717) is 92.4 Å². The van der Waals surface area contributed by atoms with Crippen LogP contribution in [-0.2, 0) is 42.7 Å². The Labute approximate surface area is 161 Å². The minimum atomic E-state index is -0.402. The van der Waals surface area contributed by atoms with Crippen molar-refractivity contribution in [1.82, 2.24) is 0 Å². The van der Waals surface area contributed by atoms with Crippen molar-refractivity contribution in [1.29, 1.82) is 0 Å². The smallest absolute Gasteiger partial charge is 0.331 e. The maximum atomic E-state index is 10.8. The fraction of sp³-hybridized carbons (Fsp3) is 0.941. The molecule has 162 valence electrons. The Kier molecular flexibility index (Phi) is 22.5. The lowest BCUT2D eigenvalue weighted by Crippen LogP contribution is -2.16. The second-order valence-corrected chi connectivity index (χ2v) is 5.09. The number of hydrogen-bond donors (Lipinski definition) is 1. The summed E-state index contributed by atoms with van der Waals surface area (Å²) in [4.78, 5) is 10.8. The Morgan fingerprint density at radius 3 is 1.15 bits per heavy atom. The predicted octanol–water partition coefficient (Wildman–Crippen LogP) is -0.766. The largest absolute Gasteiger partial charge is 0.467 e. The third-order valence-corrected chi connectivity index (χ3v) is 2.94. The number of nitrogens with two attached hydrogens (primary N) is 1. The van der Waals surface area contributed by atoms with Crippen molar-refractivity contribution < 1.29 is 42.7 Å².